The van der Waals surface area contributed by atoms with Crippen LogP contribution < -0.4 is 4.90 Å². The van der Waals surface area contributed by atoms with Gasteiger partial charge in [-0.05, 0) is 24.8 Å². The van der Waals surface area contributed by atoms with E-state index >= 15 is 0 Å². The summed E-state index contributed by atoms with van der Waals surface area (Å²) in [6.45, 7) is 1.26. The fraction of sp³-hybridized carbons (Fsp3) is 0.538. The minimum atomic E-state index is -1.10. The smallest absolute Gasteiger partial charge is 0.334 e. The Morgan fingerprint density at radius 3 is 2.67 bits per heavy atom. The number of nitrogens with zero attached hydrogens (tertiary/aromatic N) is 3. The molecule has 0 bridgehead atoms. The van der Waals surface area contributed by atoms with Crippen LogP contribution in [0.4, 0.5) is 11.5 Å². The number of hydrogen-bond acceptors (Lipinski definition) is 7. The van der Waals surface area contributed by atoms with Crippen LogP contribution in [-0.4, -0.2) is 47.3 Å². The van der Waals surface area contributed by atoms with Crippen molar-refractivity contribution in [1.29, 1.82) is 0 Å². The Morgan fingerprint density at radius 1 is 1.52 bits per heavy atom. The van der Waals surface area contributed by atoms with Crippen molar-refractivity contribution in [1.82, 2.24) is 4.98 Å². The maximum atomic E-state index is 11.3. The molecule has 0 amide bonds. The lowest BCUT2D eigenvalue weighted by molar-refractivity contribution is -0.385. The van der Waals surface area contributed by atoms with Gasteiger partial charge in [-0.15, -0.1) is 0 Å². The van der Waals surface area contributed by atoms with Crippen LogP contribution in [0.1, 0.15) is 12.8 Å². The van der Waals surface area contributed by atoms with Crippen LogP contribution in [-0.2, 0) is 9.53 Å². The Kier molecular flexibility index (Phi) is 4.69. The summed E-state index contributed by atoms with van der Waals surface area (Å²) in [6, 6.07) is 3.02. The monoisotopic (exact) mass is 295 g/mol. The van der Waals surface area contributed by atoms with Crippen LogP contribution >= 0.6 is 0 Å². The van der Waals surface area contributed by atoms with Gasteiger partial charge in [0.1, 0.15) is 12.0 Å². The molecule has 0 aliphatic carbocycles. The summed E-state index contributed by atoms with van der Waals surface area (Å²) >= 11 is 0. The number of rotatable bonds is 4. The van der Waals surface area contributed by atoms with Crippen molar-refractivity contribution >= 4 is 17.5 Å². The molecule has 1 aliphatic heterocycles. The second kappa shape index (κ2) is 6.49. The number of aromatic nitrogens is 1. The molecular weight excluding hydrogens is 278 g/mol. The van der Waals surface area contributed by atoms with E-state index in [9.17, 15) is 20.0 Å². The summed E-state index contributed by atoms with van der Waals surface area (Å²) in [6.07, 6.45) is 1.40. The van der Waals surface area contributed by atoms with Crippen LogP contribution in [0.25, 0.3) is 0 Å². The van der Waals surface area contributed by atoms with E-state index in [0.717, 1.165) is 0 Å². The number of piperidine rings is 1. The summed E-state index contributed by atoms with van der Waals surface area (Å²) in [7, 11) is 1.25. The third kappa shape index (κ3) is 3.46. The Balaban J connectivity index is 1.94. The predicted octanol–water partition coefficient (Wildman–Crippen LogP) is 0.740. The SMILES string of the molecule is COC(=O)C(O)C1CCN(c2ccc([N+](=O)[O-])cn2)CC1. The van der Waals surface area contributed by atoms with E-state index in [2.05, 4.69) is 9.72 Å². The number of aliphatic hydroxyl groups is 1. The second-order valence-corrected chi connectivity index (χ2v) is 4.92. The molecule has 2 rings (SSSR count). The standard InChI is InChI=1S/C13H17N3O5/c1-21-13(18)12(17)9-4-6-15(7-5-9)11-3-2-10(8-14-11)16(19)20/h2-3,8-9,12,17H,4-7H2,1H3. The van der Waals surface area contributed by atoms with Crippen molar-refractivity contribution in [3.63, 3.8) is 0 Å². The van der Waals surface area contributed by atoms with Gasteiger partial charge in [0, 0.05) is 19.2 Å². The predicted molar refractivity (Wildman–Crippen MR) is 73.9 cm³/mol. The topological polar surface area (TPSA) is 106 Å². The van der Waals surface area contributed by atoms with Gasteiger partial charge in [-0.1, -0.05) is 0 Å². The number of carbonyl (C=O) groups excluding carboxylic acids is 1. The Labute approximate surface area is 121 Å². The molecule has 1 unspecified atom stereocenters. The molecule has 1 aliphatic rings. The Bertz CT molecular complexity index is 511. The average Bonchev–Trinajstić information content (AvgIpc) is 2.53. The molecule has 1 aromatic rings. The highest BCUT2D eigenvalue weighted by Gasteiger charge is 2.30. The first-order chi connectivity index (χ1) is 10.0. The molecule has 0 radical (unpaired) electrons. The van der Waals surface area contributed by atoms with Gasteiger partial charge in [0.05, 0.1) is 12.0 Å². The minimum absolute atomic E-state index is 0.0465. The summed E-state index contributed by atoms with van der Waals surface area (Å²) in [5.41, 5.74) is -0.0465. The number of hydrogen-bond donors (Lipinski definition) is 1. The van der Waals surface area contributed by atoms with Gasteiger partial charge in [0.25, 0.3) is 5.69 Å². The molecule has 0 aromatic carbocycles. The number of anilines is 1. The molecule has 8 nitrogen and oxygen atoms in total. The van der Waals surface area contributed by atoms with Gasteiger partial charge in [0.15, 0.2) is 6.10 Å². The number of esters is 1. The van der Waals surface area contributed by atoms with Gasteiger partial charge in [-0.25, -0.2) is 9.78 Å². The normalized spacial score (nSPS) is 17.3. The van der Waals surface area contributed by atoms with Crippen molar-refractivity contribution in [2.75, 3.05) is 25.1 Å². The first kappa shape index (κ1) is 15.2. The molecule has 0 spiro atoms. The van der Waals surface area contributed by atoms with E-state index in [1.54, 1.807) is 6.07 Å². The third-order valence-electron chi connectivity index (χ3n) is 3.70. The molecule has 114 valence electrons. The highest BCUT2D eigenvalue weighted by Crippen LogP contribution is 2.25. The molecule has 8 heteroatoms. The number of methoxy groups -OCH3 is 1. The van der Waals surface area contributed by atoms with Crippen molar-refractivity contribution in [2.45, 2.75) is 18.9 Å². The van der Waals surface area contributed by atoms with E-state index in [-0.39, 0.29) is 11.6 Å². The summed E-state index contributed by atoms with van der Waals surface area (Å²) in [4.78, 5) is 27.4. The molecule has 21 heavy (non-hydrogen) atoms. The molecule has 0 saturated carbocycles. The molecule has 1 saturated heterocycles. The first-order valence-electron chi connectivity index (χ1n) is 6.64. The van der Waals surface area contributed by atoms with E-state index in [1.807, 2.05) is 4.90 Å². The van der Waals surface area contributed by atoms with Crippen LogP contribution in [0, 0.1) is 16.0 Å². The summed E-state index contributed by atoms with van der Waals surface area (Å²) in [5, 5.41) is 20.4. The van der Waals surface area contributed by atoms with Gasteiger partial charge in [-0.3, -0.25) is 10.1 Å². The molecule has 1 atom stereocenters. The molecule has 1 aromatic heterocycles. The largest absolute Gasteiger partial charge is 0.467 e. The maximum absolute atomic E-state index is 11.3. The molecule has 1 N–H and O–H groups in total. The van der Waals surface area contributed by atoms with Crippen molar-refractivity contribution in [3.8, 4) is 0 Å². The number of carbonyl (C=O) groups is 1. The van der Waals surface area contributed by atoms with Crippen molar-refractivity contribution < 1.29 is 19.6 Å². The number of nitro groups is 1. The number of pyridine rings is 1. The summed E-state index contributed by atoms with van der Waals surface area (Å²) < 4.78 is 4.53. The lowest BCUT2D eigenvalue weighted by Gasteiger charge is -2.33. The molecular formula is C13H17N3O5. The Morgan fingerprint density at radius 2 is 2.19 bits per heavy atom. The van der Waals surface area contributed by atoms with E-state index in [1.165, 1.54) is 19.4 Å². The van der Waals surface area contributed by atoms with Crippen LogP contribution in [0.2, 0.25) is 0 Å². The zero-order valence-corrected chi connectivity index (χ0v) is 11.6. The van der Waals surface area contributed by atoms with E-state index in [0.29, 0.717) is 31.7 Å². The van der Waals surface area contributed by atoms with E-state index < -0.39 is 17.0 Å². The molecule has 1 fully saturated rings. The van der Waals surface area contributed by atoms with Crippen LogP contribution in [0.15, 0.2) is 18.3 Å². The maximum Gasteiger partial charge on any atom is 0.334 e. The van der Waals surface area contributed by atoms with Crippen LogP contribution in [0.3, 0.4) is 0 Å². The fourth-order valence-electron chi connectivity index (χ4n) is 2.43. The average molecular weight is 295 g/mol. The van der Waals surface area contributed by atoms with Gasteiger partial charge in [-0.2, -0.15) is 0 Å². The lowest BCUT2D eigenvalue weighted by Crippen LogP contribution is -2.41. The minimum Gasteiger partial charge on any atom is -0.467 e. The highest BCUT2D eigenvalue weighted by molar-refractivity contribution is 5.74. The Hall–Kier alpha value is -2.22. The third-order valence-corrected chi connectivity index (χ3v) is 3.70. The van der Waals surface area contributed by atoms with Crippen LogP contribution in [0.5, 0.6) is 0 Å². The van der Waals surface area contributed by atoms with Gasteiger partial charge < -0.3 is 14.7 Å². The summed E-state index contributed by atoms with van der Waals surface area (Å²) in [5.74, 6) is -0.0831. The quantitative estimate of drug-likeness (QED) is 0.496. The van der Waals surface area contributed by atoms with Crippen molar-refractivity contribution in [3.05, 3.63) is 28.4 Å². The zero-order chi connectivity index (χ0) is 15.4. The lowest BCUT2D eigenvalue weighted by atomic mass is 9.91. The van der Waals surface area contributed by atoms with Gasteiger partial charge >= 0.3 is 5.97 Å². The number of ether oxygens (including phenoxy) is 1. The zero-order valence-electron chi connectivity index (χ0n) is 11.6. The highest BCUT2D eigenvalue weighted by atomic mass is 16.6. The van der Waals surface area contributed by atoms with E-state index in [4.69, 9.17) is 0 Å². The molecule has 2 heterocycles. The number of aliphatic hydroxyl groups excluding tert-OH is 1. The van der Waals surface area contributed by atoms with Crippen molar-refractivity contribution in [2.24, 2.45) is 5.92 Å². The van der Waals surface area contributed by atoms with Gasteiger partial charge in [0.2, 0.25) is 0 Å². The fourth-order valence-corrected chi connectivity index (χ4v) is 2.43. The second-order valence-electron chi connectivity index (χ2n) is 4.92. The first-order valence-corrected chi connectivity index (χ1v) is 6.64.